The van der Waals surface area contributed by atoms with Crippen molar-refractivity contribution in [1.82, 2.24) is 4.98 Å². The minimum atomic E-state index is 0.392. The van der Waals surface area contributed by atoms with E-state index in [-0.39, 0.29) is 0 Å². The fraction of sp³-hybridized carbons (Fsp3) is 0. The highest BCUT2D eigenvalue weighted by Gasteiger charge is 2.07. The summed E-state index contributed by atoms with van der Waals surface area (Å²) in [7, 11) is 0. The Hall–Kier alpha value is -1.74. The van der Waals surface area contributed by atoms with Gasteiger partial charge in [0.05, 0.1) is 0 Å². The van der Waals surface area contributed by atoms with Crippen LogP contribution in [-0.2, 0) is 0 Å². The van der Waals surface area contributed by atoms with Gasteiger partial charge in [0.1, 0.15) is 11.6 Å². The quantitative estimate of drug-likeness (QED) is 0.775. The normalized spacial score (nSPS) is 10.2. The van der Waals surface area contributed by atoms with Crippen molar-refractivity contribution in [2.24, 2.45) is 0 Å². The van der Waals surface area contributed by atoms with E-state index in [1.807, 2.05) is 30.3 Å². The van der Waals surface area contributed by atoms with E-state index in [1.54, 1.807) is 6.07 Å². The molecule has 0 spiro atoms. The summed E-state index contributed by atoms with van der Waals surface area (Å²) < 4.78 is 0. The molecule has 0 amide bonds. The van der Waals surface area contributed by atoms with Gasteiger partial charge < -0.3 is 11.5 Å². The average Bonchev–Trinajstić information content (AvgIpc) is 2.20. The van der Waals surface area contributed by atoms with Crippen LogP contribution in [0.1, 0.15) is 0 Å². The summed E-state index contributed by atoms with van der Waals surface area (Å²) in [5.41, 5.74) is 13.0. The average molecular weight is 220 g/mol. The zero-order chi connectivity index (χ0) is 10.8. The lowest BCUT2D eigenvalue weighted by Gasteiger charge is -2.07. The molecule has 0 saturated heterocycles. The molecule has 0 saturated carbocycles. The third kappa shape index (κ3) is 1.87. The van der Waals surface area contributed by atoms with Crippen molar-refractivity contribution in [2.75, 3.05) is 11.5 Å². The molecule has 3 nitrogen and oxygen atoms in total. The highest BCUT2D eigenvalue weighted by Crippen LogP contribution is 2.31. The lowest BCUT2D eigenvalue weighted by Crippen LogP contribution is -1.98. The fourth-order valence-corrected chi connectivity index (χ4v) is 1.64. The molecule has 0 radical (unpaired) electrons. The van der Waals surface area contributed by atoms with E-state index in [4.69, 9.17) is 23.1 Å². The van der Waals surface area contributed by atoms with Crippen LogP contribution in [0.5, 0.6) is 0 Å². The van der Waals surface area contributed by atoms with Crippen LogP contribution in [0.3, 0.4) is 0 Å². The Morgan fingerprint density at radius 1 is 0.933 bits per heavy atom. The Balaban J connectivity index is 2.60. The van der Waals surface area contributed by atoms with Crippen molar-refractivity contribution in [2.45, 2.75) is 0 Å². The van der Waals surface area contributed by atoms with Crippen LogP contribution in [0.4, 0.5) is 11.6 Å². The van der Waals surface area contributed by atoms with Crippen molar-refractivity contribution < 1.29 is 0 Å². The zero-order valence-corrected chi connectivity index (χ0v) is 8.70. The Bertz CT molecular complexity index is 497. The highest BCUT2D eigenvalue weighted by atomic mass is 35.5. The van der Waals surface area contributed by atoms with Gasteiger partial charge in [-0.2, -0.15) is 0 Å². The molecule has 1 aromatic carbocycles. The largest absolute Gasteiger partial charge is 0.384 e. The molecule has 2 aromatic rings. The molecule has 4 heteroatoms. The number of benzene rings is 1. The van der Waals surface area contributed by atoms with Gasteiger partial charge in [-0.1, -0.05) is 29.8 Å². The maximum absolute atomic E-state index is 6.06. The van der Waals surface area contributed by atoms with E-state index in [0.717, 1.165) is 11.1 Å². The summed E-state index contributed by atoms with van der Waals surface area (Å²) in [6.07, 6.45) is 0. The van der Waals surface area contributed by atoms with Crippen molar-refractivity contribution in [3.8, 4) is 11.1 Å². The first kappa shape index (κ1) is 9.80. The summed E-state index contributed by atoms with van der Waals surface area (Å²) in [6, 6.07) is 11.0. The van der Waals surface area contributed by atoms with Crippen molar-refractivity contribution in [3.05, 3.63) is 41.4 Å². The second-order valence-corrected chi connectivity index (χ2v) is 3.56. The van der Waals surface area contributed by atoms with Gasteiger partial charge >= 0.3 is 0 Å². The van der Waals surface area contributed by atoms with E-state index in [9.17, 15) is 0 Å². The molecule has 76 valence electrons. The van der Waals surface area contributed by atoms with E-state index >= 15 is 0 Å². The number of pyridine rings is 1. The summed E-state index contributed by atoms with van der Waals surface area (Å²) in [4.78, 5) is 3.99. The molecule has 0 bridgehead atoms. The van der Waals surface area contributed by atoms with Crippen LogP contribution < -0.4 is 11.5 Å². The molecule has 0 atom stereocenters. The molecule has 1 aromatic heterocycles. The van der Waals surface area contributed by atoms with Crippen molar-refractivity contribution in [3.63, 3.8) is 0 Å². The number of rotatable bonds is 1. The molecular weight excluding hydrogens is 210 g/mol. The van der Waals surface area contributed by atoms with Crippen molar-refractivity contribution >= 4 is 23.2 Å². The first-order chi connectivity index (χ1) is 7.18. The van der Waals surface area contributed by atoms with E-state index in [0.29, 0.717) is 16.7 Å². The zero-order valence-electron chi connectivity index (χ0n) is 7.94. The molecule has 0 fully saturated rings. The molecule has 0 aliphatic heterocycles. The number of hydrogen-bond donors (Lipinski definition) is 2. The minimum Gasteiger partial charge on any atom is -0.384 e. The number of aromatic nitrogens is 1. The predicted octanol–water partition coefficient (Wildman–Crippen LogP) is 2.57. The number of anilines is 2. The Kier molecular flexibility index (Phi) is 2.47. The summed E-state index contributed by atoms with van der Waals surface area (Å²) in [5.74, 6) is 0.798. The molecule has 2 rings (SSSR count). The van der Waals surface area contributed by atoms with Crippen LogP contribution in [0, 0.1) is 0 Å². The van der Waals surface area contributed by atoms with Gasteiger partial charge in [0.25, 0.3) is 0 Å². The smallest absolute Gasteiger partial charge is 0.133 e. The Morgan fingerprint density at radius 2 is 1.67 bits per heavy atom. The van der Waals surface area contributed by atoms with Crippen LogP contribution in [0.2, 0.25) is 5.02 Å². The first-order valence-electron chi connectivity index (χ1n) is 4.45. The summed E-state index contributed by atoms with van der Waals surface area (Å²) in [5, 5.41) is 0.649. The predicted molar refractivity (Wildman–Crippen MR) is 63.5 cm³/mol. The standard InChI is InChI=1S/C11H10ClN3/c12-9-4-2-1-3-7(9)8-5-6-10(13)15-11(8)14/h1-6H,(H4,13,14,15). The van der Waals surface area contributed by atoms with Crippen LogP contribution in [0.25, 0.3) is 11.1 Å². The van der Waals surface area contributed by atoms with Gasteiger partial charge in [-0.15, -0.1) is 0 Å². The van der Waals surface area contributed by atoms with E-state index in [1.165, 1.54) is 0 Å². The molecule has 15 heavy (non-hydrogen) atoms. The number of nitrogen functional groups attached to an aromatic ring is 2. The van der Waals surface area contributed by atoms with Crippen molar-refractivity contribution in [1.29, 1.82) is 0 Å². The van der Waals surface area contributed by atoms with Gasteiger partial charge in [0.15, 0.2) is 0 Å². The molecule has 0 unspecified atom stereocenters. The SMILES string of the molecule is Nc1ccc(-c2ccccc2Cl)c(N)n1. The monoisotopic (exact) mass is 219 g/mol. The minimum absolute atomic E-state index is 0.392. The van der Waals surface area contributed by atoms with Gasteiger partial charge in [-0.3, -0.25) is 0 Å². The maximum Gasteiger partial charge on any atom is 0.133 e. The first-order valence-corrected chi connectivity index (χ1v) is 4.83. The molecule has 4 N–H and O–H groups in total. The fourth-order valence-electron chi connectivity index (χ4n) is 1.40. The second kappa shape index (κ2) is 3.79. The lowest BCUT2D eigenvalue weighted by atomic mass is 10.1. The van der Waals surface area contributed by atoms with Gasteiger partial charge in [-0.25, -0.2) is 4.98 Å². The number of halogens is 1. The van der Waals surface area contributed by atoms with Crippen LogP contribution in [-0.4, -0.2) is 4.98 Å². The van der Waals surface area contributed by atoms with Crippen LogP contribution in [0.15, 0.2) is 36.4 Å². The molecule has 0 aliphatic carbocycles. The topological polar surface area (TPSA) is 64.9 Å². The van der Waals surface area contributed by atoms with E-state index < -0.39 is 0 Å². The van der Waals surface area contributed by atoms with Crippen LogP contribution >= 0.6 is 11.6 Å². The third-order valence-corrected chi connectivity index (χ3v) is 2.44. The summed E-state index contributed by atoms with van der Waals surface area (Å²) >= 11 is 6.06. The second-order valence-electron chi connectivity index (χ2n) is 3.15. The Morgan fingerprint density at radius 3 is 2.33 bits per heavy atom. The van der Waals surface area contributed by atoms with Gasteiger partial charge in [0, 0.05) is 16.1 Å². The number of hydrogen-bond acceptors (Lipinski definition) is 3. The third-order valence-electron chi connectivity index (χ3n) is 2.11. The van der Waals surface area contributed by atoms with Gasteiger partial charge in [0.2, 0.25) is 0 Å². The lowest BCUT2D eigenvalue weighted by molar-refractivity contribution is 1.34. The number of nitrogens with zero attached hydrogens (tertiary/aromatic N) is 1. The molecular formula is C11H10ClN3. The summed E-state index contributed by atoms with van der Waals surface area (Å²) in [6.45, 7) is 0. The van der Waals surface area contributed by atoms with E-state index in [2.05, 4.69) is 4.98 Å². The molecule has 0 aliphatic rings. The maximum atomic E-state index is 6.06. The van der Waals surface area contributed by atoms with Gasteiger partial charge in [-0.05, 0) is 18.2 Å². The molecule has 1 heterocycles. The Labute approximate surface area is 92.7 Å². The highest BCUT2D eigenvalue weighted by molar-refractivity contribution is 6.33. The number of nitrogens with two attached hydrogens (primary N) is 2.